The van der Waals surface area contributed by atoms with Crippen LogP contribution in [-0.2, 0) is 22.6 Å². The van der Waals surface area contributed by atoms with E-state index in [0.717, 1.165) is 116 Å². The highest BCUT2D eigenvalue weighted by molar-refractivity contribution is 7.13. The molecule has 0 radical (unpaired) electrons. The first-order valence-corrected chi connectivity index (χ1v) is 27.4. The number of amides is 2. The average molecular weight is 1040 g/mol. The van der Waals surface area contributed by atoms with Gasteiger partial charge in [-0.1, -0.05) is 50.2 Å². The van der Waals surface area contributed by atoms with E-state index in [1.54, 1.807) is 29.5 Å². The number of β-amino-alcohol motifs (C(OH)–C–C–N with tert-alkyl or cyclic N) is 1. The molecule has 0 aliphatic carbocycles. The lowest BCUT2D eigenvalue weighted by Gasteiger charge is -2.41. The van der Waals surface area contributed by atoms with Crippen molar-refractivity contribution in [2.45, 2.75) is 109 Å². The number of rotatable bonds is 15. The zero-order chi connectivity index (χ0) is 51.7. The zero-order valence-corrected chi connectivity index (χ0v) is 43.9. The number of benzene rings is 2. The summed E-state index contributed by atoms with van der Waals surface area (Å²) < 4.78 is 11.8. The average Bonchev–Trinajstić information content (AvgIpc) is 4.25. The van der Waals surface area contributed by atoms with Crippen molar-refractivity contribution in [3.8, 4) is 33.3 Å². The number of aromatic amines is 1. The smallest absolute Gasteiger partial charge is 0.254 e. The number of phenolic OH excluding ortho intramolecular Hbond substituents is 1. The molecule has 4 atom stereocenters. The first kappa shape index (κ1) is 50.4. The molecule has 4 aliphatic rings. The van der Waals surface area contributed by atoms with Gasteiger partial charge in [0.1, 0.15) is 24.3 Å². The van der Waals surface area contributed by atoms with Gasteiger partial charge in [0, 0.05) is 85.7 Å². The molecule has 19 heteroatoms. The highest BCUT2D eigenvalue weighted by atomic mass is 32.1. The number of hydrogen-bond acceptors (Lipinski definition) is 16. The van der Waals surface area contributed by atoms with Crippen molar-refractivity contribution in [2.75, 3.05) is 57.3 Å². The summed E-state index contributed by atoms with van der Waals surface area (Å²) in [6, 6.07) is 18.7. The molecule has 0 bridgehead atoms. The number of phenols is 1. The van der Waals surface area contributed by atoms with E-state index in [-0.39, 0.29) is 42.5 Å². The van der Waals surface area contributed by atoms with Gasteiger partial charge in [0.05, 0.1) is 33.9 Å². The van der Waals surface area contributed by atoms with Crippen LogP contribution in [0.25, 0.3) is 32.7 Å². The Morgan fingerprint density at radius 2 is 1.73 bits per heavy atom. The van der Waals surface area contributed by atoms with E-state index < -0.39 is 18.1 Å². The van der Waals surface area contributed by atoms with Crippen LogP contribution in [-0.4, -0.2) is 143 Å². The Labute approximate surface area is 440 Å². The monoisotopic (exact) mass is 1030 g/mol. The van der Waals surface area contributed by atoms with Crippen LogP contribution >= 0.6 is 11.3 Å². The number of carbonyl (C=O) groups is 2. The van der Waals surface area contributed by atoms with Crippen LogP contribution in [0.15, 0.2) is 83.1 Å². The fraction of sp³-hybridized carbons (Fsp3) is 0.464. The maximum Gasteiger partial charge on any atom is 0.254 e. The highest BCUT2D eigenvalue weighted by Gasteiger charge is 2.43. The molecule has 1 unspecified atom stereocenters. The number of aryl methyl sites for hydroxylation is 1. The molecule has 2 aromatic carbocycles. The topological polar surface area (TPSA) is 215 Å². The van der Waals surface area contributed by atoms with E-state index in [4.69, 9.17) is 19.2 Å². The molecule has 75 heavy (non-hydrogen) atoms. The Bertz CT molecular complexity index is 3110. The van der Waals surface area contributed by atoms with Gasteiger partial charge >= 0.3 is 0 Å². The van der Waals surface area contributed by atoms with Crippen LogP contribution in [0.2, 0.25) is 0 Å². The molecule has 3 fully saturated rings. The Morgan fingerprint density at radius 3 is 2.47 bits per heavy atom. The number of nitrogens with zero attached hydrogens (tertiary/aromatic N) is 10. The van der Waals surface area contributed by atoms with Crippen molar-refractivity contribution >= 4 is 40.1 Å². The lowest BCUT2D eigenvalue weighted by molar-refractivity contribution is -0.141. The lowest BCUT2D eigenvalue weighted by atomic mass is 9.89. The molecular formula is C56H66N12O6S. The number of ether oxygens (including phenoxy) is 1. The summed E-state index contributed by atoms with van der Waals surface area (Å²) in [4.78, 5) is 55.5. The fourth-order valence-corrected chi connectivity index (χ4v) is 12.7. The van der Waals surface area contributed by atoms with Gasteiger partial charge in [0.15, 0.2) is 11.4 Å². The summed E-state index contributed by atoms with van der Waals surface area (Å²) >= 11 is 1.59. The van der Waals surface area contributed by atoms with Crippen molar-refractivity contribution < 1.29 is 29.1 Å². The van der Waals surface area contributed by atoms with Gasteiger partial charge < -0.3 is 44.5 Å². The summed E-state index contributed by atoms with van der Waals surface area (Å²) in [5.74, 6) is 0.606. The van der Waals surface area contributed by atoms with Crippen LogP contribution in [0, 0.1) is 12.8 Å². The van der Waals surface area contributed by atoms with Gasteiger partial charge in [-0.05, 0) is 118 Å². The van der Waals surface area contributed by atoms with Gasteiger partial charge in [-0.2, -0.15) is 0 Å². The molecule has 0 saturated carbocycles. The van der Waals surface area contributed by atoms with Gasteiger partial charge in [0.25, 0.3) is 5.88 Å². The van der Waals surface area contributed by atoms with Crippen molar-refractivity contribution in [3.05, 3.63) is 112 Å². The van der Waals surface area contributed by atoms with Gasteiger partial charge in [-0.25, -0.2) is 15.0 Å². The molecule has 0 spiro atoms. The predicted molar refractivity (Wildman–Crippen MR) is 285 cm³/mol. The number of anilines is 1. The number of aromatic nitrogens is 7. The number of aliphatic hydroxyl groups excluding tert-OH is 1. The summed E-state index contributed by atoms with van der Waals surface area (Å²) in [6.45, 7) is 14.5. The Morgan fingerprint density at radius 1 is 0.960 bits per heavy atom. The number of fused-ring (bicyclic) bond motifs is 3. The van der Waals surface area contributed by atoms with Crippen molar-refractivity contribution in [1.82, 2.24) is 55.3 Å². The number of hydrogen-bond donors (Lipinski definition) is 4. The third-order valence-corrected chi connectivity index (χ3v) is 17.0. The van der Waals surface area contributed by atoms with Crippen molar-refractivity contribution in [1.29, 1.82) is 0 Å². The molecule has 4 N–H and O–H groups in total. The summed E-state index contributed by atoms with van der Waals surface area (Å²) in [6.07, 6.45) is 8.63. The minimum atomic E-state index is -0.810. The number of aromatic hydroxyl groups is 1. The van der Waals surface area contributed by atoms with Gasteiger partial charge in [-0.3, -0.25) is 14.5 Å². The summed E-state index contributed by atoms with van der Waals surface area (Å²) in [7, 11) is 0. The van der Waals surface area contributed by atoms with E-state index in [1.165, 1.54) is 16.0 Å². The van der Waals surface area contributed by atoms with Gasteiger partial charge in [-0.15, -0.1) is 21.5 Å². The van der Waals surface area contributed by atoms with Crippen molar-refractivity contribution in [2.24, 2.45) is 5.92 Å². The van der Waals surface area contributed by atoms with E-state index in [9.17, 15) is 19.8 Å². The number of para-hydroxylation sites is 1. The minimum Gasteiger partial charge on any atom is -0.507 e. The Balaban J connectivity index is 0.619. The second kappa shape index (κ2) is 21.8. The molecule has 3 saturated heterocycles. The van der Waals surface area contributed by atoms with Crippen LogP contribution in [0.1, 0.15) is 105 Å². The first-order valence-electron chi connectivity index (χ1n) is 26.5. The quantitative estimate of drug-likeness (QED) is 0.0787. The molecule has 7 aromatic rings. The molecule has 5 aromatic heterocycles. The number of thiazole rings is 1. The van der Waals surface area contributed by atoms with Gasteiger partial charge in [0.2, 0.25) is 17.8 Å². The number of piperidine rings is 2. The van der Waals surface area contributed by atoms with Crippen LogP contribution in [0.3, 0.4) is 0 Å². The number of H-pyrrole nitrogens is 1. The number of nitrogens with one attached hydrogen (secondary N) is 2. The number of likely N-dealkylation sites (tertiary alicyclic amines) is 3. The second-order valence-corrected chi connectivity index (χ2v) is 21.9. The largest absolute Gasteiger partial charge is 0.507 e. The minimum absolute atomic E-state index is 0.0250. The van der Waals surface area contributed by atoms with E-state index in [2.05, 4.69) is 52.3 Å². The molecule has 9 heterocycles. The molecule has 18 nitrogen and oxygen atoms in total. The zero-order valence-electron chi connectivity index (χ0n) is 43.1. The number of carbonyl (C=O) groups excluding carboxylic acids is 2. The molecular weight excluding hydrogens is 969 g/mol. The molecule has 392 valence electrons. The normalized spacial score (nSPS) is 20.5. The standard InChI is InChI=1S/C56H66N12O6S/c1-33(2)50(55(72)68-31-41(69)25-46(68)54(71)57-28-36-9-11-38(12-10-36)52-34(3)60-32-75-52)48-27-49(64-74-48)73-24-23-65-18-15-40(16-19-65)66-20-13-37(14-21-66)39-29-58-56(59-30-39)67-22-17-44-51(35(67)4)43-26-45(62-63-53(43)61-44)42-7-5-6-8-47(42)70/h5-12,26-27,29-30,32-33,35,37,40-41,46,50,69-70H,13-25,28,31H2,1-4H3,(H,57,71)(H,61,63)/t35-,41-,46+,50?/m1/s1. The fourth-order valence-electron chi connectivity index (χ4n) is 11.9. The van der Waals surface area contributed by atoms with Crippen molar-refractivity contribution in [3.63, 3.8) is 0 Å². The van der Waals surface area contributed by atoms with Crippen LogP contribution in [0.5, 0.6) is 11.6 Å². The Kier molecular flexibility index (Phi) is 14.6. The molecule has 2 amide bonds. The van der Waals surface area contributed by atoms with Crippen LogP contribution < -0.4 is 15.0 Å². The van der Waals surface area contributed by atoms with E-state index in [0.29, 0.717) is 48.0 Å². The first-order chi connectivity index (χ1) is 36.4. The molecule has 4 aliphatic heterocycles. The third kappa shape index (κ3) is 10.6. The Hall–Kier alpha value is -6.80. The molecule has 11 rings (SSSR count). The lowest BCUT2D eigenvalue weighted by Crippen LogP contribution is -2.48. The third-order valence-electron chi connectivity index (χ3n) is 16.0. The summed E-state index contributed by atoms with van der Waals surface area (Å²) in [5, 5.41) is 38.3. The highest BCUT2D eigenvalue weighted by Crippen LogP contribution is 2.40. The predicted octanol–water partition coefficient (Wildman–Crippen LogP) is 7.40. The maximum absolute atomic E-state index is 14.2. The maximum atomic E-state index is 14.2. The summed E-state index contributed by atoms with van der Waals surface area (Å²) in [5.41, 5.74) is 10.4. The van der Waals surface area contributed by atoms with Crippen LogP contribution in [0.4, 0.5) is 5.95 Å². The second-order valence-electron chi connectivity index (χ2n) is 21.1. The number of aliphatic hydroxyl groups is 1. The SMILES string of the molecule is Cc1ncsc1-c1ccc(CNC(=O)[C@@H]2C[C@@H](O)CN2C(=O)C(c2cc(OCCN3CCC(N4CCC(c5cnc(N6CCc7[nH]c8nnc(-c9ccccc9O)cc8c7[C@H]6C)nc5)CC4)CC3)no2)C(C)C)cc1. The van der Waals surface area contributed by atoms with E-state index >= 15 is 0 Å². The van der Waals surface area contributed by atoms with E-state index in [1.807, 2.05) is 81.1 Å².